The van der Waals surface area contributed by atoms with Crippen molar-refractivity contribution in [2.75, 3.05) is 12.4 Å². The third kappa shape index (κ3) is 2.24. The summed E-state index contributed by atoms with van der Waals surface area (Å²) in [5.41, 5.74) is 2.40. The fourth-order valence-electron chi connectivity index (χ4n) is 2.74. The Bertz CT molecular complexity index is 882. The van der Waals surface area contributed by atoms with Gasteiger partial charge in [0.15, 0.2) is 5.82 Å². The smallest absolute Gasteiger partial charge is 0.259 e. The number of aryl methyl sites for hydroxylation is 2. The number of anilines is 1. The molecule has 4 rings (SSSR count). The van der Waals surface area contributed by atoms with E-state index in [2.05, 4.69) is 25.3 Å². The van der Waals surface area contributed by atoms with E-state index < -0.39 is 0 Å². The molecule has 4 heterocycles. The molecule has 0 aliphatic carbocycles. The largest absolute Gasteiger partial charge is 0.480 e. The van der Waals surface area contributed by atoms with Crippen molar-refractivity contribution in [3.05, 3.63) is 42.2 Å². The van der Waals surface area contributed by atoms with Crippen molar-refractivity contribution in [3.8, 4) is 17.3 Å². The van der Waals surface area contributed by atoms with Gasteiger partial charge in [0.05, 0.1) is 30.6 Å². The number of hydrogen-bond acceptors (Lipinski definition) is 5. The van der Waals surface area contributed by atoms with E-state index in [1.807, 2.05) is 10.8 Å². The van der Waals surface area contributed by atoms with E-state index in [0.29, 0.717) is 17.3 Å². The predicted molar refractivity (Wildman–Crippen MR) is 82.3 cm³/mol. The molecule has 1 amide bonds. The Kier molecular flexibility index (Phi) is 3.07. The van der Waals surface area contributed by atoms with Crippen LogP contribution >= 0.6 is 0 Å². The number of H-pyrrole nitrogens is 1. The van der Waals surface area contributed by atoms with E-state index >= 15 is 0 Å². The summed E-state index contributed by atoms with van der Waals surface area (Å²) in [7, 11) is 1.50. The van der Waals surface area contributed by atoms with Crippen molar-refractivity contribution in [1.82, 2.24) is 24.5 Å². The molecule has 0 spiro atoms. The molecule has 1 aliphatic rings. The molecule has 3 aromatic heterocycles. The van der Waals surface area contributed by atoms with Gasteiger partial charge in [0.25, 0.3) is 5.91 Å². The number of nitrogens with zero attached hydrogens (tertiary/aromatic N) is 4. The number of nitrogens with one attached hydrogen (secondary N) is 2. The topological polar surface area (TPSA) is 97.7 Å². The van der Waals surface area contributed by atoms with Crippen LogP contribution in [0, 0.1) is 0 Å². The maximum Gasteiger partial charge on any atom is 0.259 e. The van der Waals surface area contributed by atoms with Gasteiger partial charge in [-0.1, -0.05) is 0 Å². The number of aromatic nitrogens is 5. The van der Waals surface area contributed by atoms with Gasteiger partial charge in [0, 0.05) is 37.3 Å². The zero-order valence-corrected chi connectivity index (χ0v) is 12.4. The Morgan fingerprint density at radius 3 is 3.22 bits per heavy atom. The first-order valence-electron chi connectivity index (χ1n) is 7.15. The van der Waals surface area contributed by atoms with E-state index in [4.69, 9.17) is 4.74 Å². The Labute approximate surface area is 131 Å². The third-order valence-corrected chi connectivity index (χ3v) is 3.81. The molecule has 3 aromatic rings. The van der Waals surface area contributed by atoms with Crippen molar-refractivity contribution in [2.24, 2.45) is 0 Å². The van der Waals surface area contributed by atoms with Crippen LogP contribution in [-0.2, 0) is 13.0 Å². The molecule has 0 radical (unpaired) electrons. The quantitative estimate of drug-likeness (QED) is 0.763. The number of hydrogen-bond donors (Lipinski definition) is 2. The zero-order chi connectivity index (χ0) is 15.8. The van der Waals surface area contributed by atoms with Crippen LogP contribution in [0.3, 0.4) is 0 Å². The van der Waals surface area contributed by atoms with Crippen LogP contribution < -0.4 is 10.1 Å². The van der Waals surface area contributed by atoms with Crippen LogP contribution in [0.15, 0.2) is 31.0 Å². The van der Waals surface area contributed by atoms with Gasteiger partial charge in [-0.3, -0.25) is 9.78 Å². The van der Waals surface area contributed by atoms with Gasteiger partial charge in [0.1, 0.15) is 5.82 Å². The van der Waals surface area contributed by atoms with Crippen molar-refractivity contribution >= 4 is 11.7 Å². The average Bonchev–Trinajstić information content (AvgIpc) is 3.20. The first-order chi connectivity index (χ1) is 11.3. The maximum atomic E-state index is 12.6. The number of methoxy groups -OCH3 is 1. The Balaban J connectivity index is 1.67. The second-order valence-corrected chi connectivity index (χ2v) is 5.15. The minimum absolute atomic E-state index is 0.262. The lowest BCUT2D eigenvalue weighted by molar-refractivity contribution is 0.102. The maximum absolute atomic E-state index is 12.6. The van der Waals surface area contributed by atoms with E-state index in [1.54, 1.807) is 12.4 Å². The standard InChI is InChI=1S/C15H14N6O2/c1-23-12-8-16-7-11(19-12)20-15(22)9-6-18-10-2-4-21-5-3-17-14(21)13(9)10/h3,5-8,18H,2,4H2,1H3,(H,19,20,22). The fourth-order valence-corrected chi connectivity index (χ4v) is 2.74. The Hall–Kier alpha value is -3.16. The van der Waals surface area contributed by atoms with Gasteiger partial charge in [-0.05, 0) is 0 Å². The molecule has 0 aromatic carbocycles. The van der Waals surface area contributed by atoms with Crippen LogP contribution in [0.25, 0.3) is 11.4 Å². The monoisotopic (exact) mass is 310 g/mol. The number of aromatic amines is 1. The lowest BCUT2D eigenvalue weighted by Crippen LogP contribution is -2.16. The van der Waals surface area contributed by atoms with Crippen molar-refractivity contribution < 1.29 is 9.53 Å². The molecule has 116 valence electrons. The lowest BCUT2D eigenvalue weighted by atomic mass is 10.0. The zero-order valence-electron chi connectivity index (χ0n) is 12.4. The average molecular weight is 310 g/mol. The van der Waals surface area contributed by atoms with Crippen LogP contribution in [0.4, 0.5) is 5.82 Å². The summed E-state index contributed by atoms with van der Waals surface area (Å²) in [5, 5.41) is 2.74. The number of amides is 1. The summed E-state index contributed by atoms with van der Waals surface area (Å²) in [5.74, 6) is 1.22. The van der Waals surface area contributed by atoms with E-state index in [0.717, 1.165) is 30.0 Å². The van der Waals surface area contributed by atoms with Gasteiger partial charge >= 0.3 is 0 Å². The highest BCUT2D eigenvalue weighted by Gasteiger charge is 2.25. The lowest BCUT2D eigenvalue weighted by Gasteiger charge is -2.15. The molecular weight excluding hydrogens is 296 g/mol. The molecule has 23 heavy (non-hydrogen) atoms. The number of imidazole rings is 1. The summed E-state index contributed by atoms with van der Waals surface area (Å²) in [4.78, 5) is 28.3. The van der Waals surface area contributed by atoms with Crippen LogP contribution in [-0.4, -0.2) is 37.5 Å². The number of fused-ring (bicyclic) bond motifs is 3. The number of ether oxygens (including phenoxy) is 1. The Morgan fingerprint density at radius 1 is 1.43 bits per heavy atom. The van der Waals surface area contributed by atoms with Gasteiger partial charge in [-0.2, -0.15) is 4.98 Å². The van der Waals surface area contributed by atoms with Gasteiger partial charge in [-0.25, -0.2) is 4.98 Å². The van der Waals surface area contributed by atoms with E-state index in [-0.39, 0.29) is 5.91 Å². The minimum atomic E-state index is -0.262. The van der Waals surface area contributed by atoms with Gasteiger partial charge in [0.2, 0.25) is 5.88 Å². The van der Waals surface area contributed by atoms with Crippen LogP contribution in [0.1, 0.15) is 16.1 Å². The van der Waals surface area contributed by atoms with Gasteiger partial charge in [-0.15, -0.1) is 0 Å². The number of carbonyl (C=O) groups excluding carboxylic acids is 1. The molecular formula is C15H14N6O2. The molecule has 2 N–H and O–H groups in total. The summed E-state index contributed by atoms with van der Waals surface area (Å²) < 4.78 is 7.05. The molecule has 0 unspecified atom stereocenters. The molecule has 0 bridgehead atoms. The molecule has 0 saturated heterocycles. The van der Waals surface area contributed by atoms with E-state index in [1.165, 1.54) is 19.5 Å². The van der Waals surface area contributed by atoms with E-state index in [9.17, 15) is 4.79 Å². The highest BCUT2D eigenvalue weighted by molar-refractivity contribution is 6.08. The molecule has 1 aliphatic heterocycles. The van der Waals surface area contributed by atoms with Crippen molar-refractivity contribution in [1.29, 1.82) is 0 Å². The summed E-state index contributed by atoms with van der Waals surface area (Å²) >= 11 is 0. The normalized spacial score (nSPS) is 12.4. The first-order valence-corrected chi connectivity index (χ1v) is 7.15. The molecule has 0 saturated carbocycles. The fraction of sp³-hybridized carbons (Fsp3) is 0.200. The molecule has 8 heteroatoms. The van der Waals surface area contributed by atoms with Crippen molar-refractivity contribution in [3.63, 3.8) is 0 Å². The summed E-state index contributed by atoms with van der Waals surface area (Å²) in [6.07, 6.45) is 9.15. The second kappa shape index (κ2) is 5.24. The summed E-state index contributed by atoms with van der Waals surface area (Å²) in [6, 6.07) is 0. The number of carbonyl (C=O) groups is 1. The Morgan fingerprint density at radius 2 is 2.35 bits per heavy atom. The number of rotatable bonds is 3. The molecule has 0 atom stereocenters. The highest BCUT2D eigenvalue weighted by Crippen LogP contribution is 2.31. The predicted octanol–water partition coefficient (Wildman–Crippen LogP) is 1.49. The minimum Gasteiger partial charge on any atom is -0.480 e. The molecule has 0 fully saturated rings. The van der Waals surface area contributed by atoms with Gasteiger partial charge < -0.3 is 19.6 Å². The second-order valence-electron chi connectivity index (χ2n) is 5.15. The highest BCUT2D eigenvalue weighted by atomic mass is 16.5. The SMILES string of the molecule is COc1cncc(NC(=O)c2c[nH]c3c2-c2nccn2CC3)n1. The summed E-state index contributed by atoms with van der Waals surface area (Å²) in [6.45, 7) is 0.852. The first kappa shape index (κ1) is 13.5. The third-order valence-electron chi connectivity index (χ3n) is 3.81. The molecule has 8 nitrogen and oxygen atoms in total. The van der Waals surface area contributed by atoms with Crippen LogP contribution in [0.5, 0.6) is 5.88 Å². The van der Waals surface area contributed by atoms with Crippen LogP contribution in [0.2, 0.25) is 0 Å². The van der Waals surface area contributed by atoms with Crippen molar-refractivity contribution in [2.45, 2.75) is 13.0 Å².